The van der Waals surface area contributed by atoms with Gasteiger partial charge in [0.05, 0.1) is 22.2 Å². The molecule has 2 aromatic rings. The predicted molar refractivity (Wildman–Crippen MR) is 125 cm³/mol. The summed E-state index contributed by atoms with van der Waals surface area (Å²) in [6.45, 7) is 8.25. The highest BCUT2D eigenvalue weighted by Gasteiger charge is 2.34. The van der Waals surface area contributed by atoms with E-state index in [1.807, 2.05) is 38.1 Å². The molecule has 0 N–H and O–H groups in total. The monoisotopic (exact) mass is 445 g/mol. The second-order valence-corrected chi connectivity index (χ2v) is 8.25. The first-order chi connectivity index (χ1) is 14.0. The summed E-state index contributed by atoms with van der Waals surface area (Å²) < 4.78 is 11.8. The van der Waals surface area contributed by atoms with Crippen LogP contribution in [-0.2, 0) is 4.79 Å². The van der Waals surface area contributed by atoms with Gasteiger partial charge < -0.3 is 9.47 Å². The van der Waals surface area contributed by atoms with Crippen molar-refractivity contribution in [3.05, 3.63) is 70.1 Å². The van der Waals surface area contributed by atoms with Gasteiger partial charge in [-0.15, -0.1) is 0 Å². The molecule has 1 amide bonds. The fourth-order valence-corrected chi connectivity index (χ4v) is 4.42. The van der Waals surface area contributed by atoms with E-state index in [4.69, 9.17) is 33.3 Å². The molecule has 0 unspecified atom stereocenters. The number of thiocarbonyl (C=S) groups is 1. The lowest BCUT2D eigenvalue weighted by Gasteiger charge is -2.16. The third kappa shape index (κ3) is 4.66. The molecule has 3 rings (SSSR count). The summed E-state index contributed by atoms with van der Waals surface area (Å²) in [5.41, 5.74) is 2.50. The Morgan fingerprint density at radius 2 is 2.03 bits per heavy atom. The Morgan fingerprint density at radius 1 is 1.28 bits per heavy atom. The second-order valence-electron chi connectivity index (χ2n) is 6.17. The van der Waals surface area contributed by atoms with Crippen molar-refractivity contribution in [3.63, 3.8) is 0 Å². The third-order valence-corrected chi connectivity index (χ3v) is 5.71. The molecule has 29 heavy (non-hydrogen) atoms. The van der Waals surface area contributed by atoms with Gasteiger partial charge in [-0.25, -0.2) is 0 Å². The van der Waals surface area contributed by atoms with E-state index in [1.54, 1.807) is 29.2 Å². The van der Waals surface area contributed by atoms with Gasteiger partial charge in [0.15, 0.2) is 15.8 Å². The lowest BCUT2D eigenvalue weighted by molar-refractivity contribution is -0.113. The first-order valence-electron chi connectivity index (χ1n) is 8.99. The van der Waals surface area contributed by atoms with Gasteiger partial charge in [-0.05, 0) is 49.2 Å². The molecule has 0 radical (unpaired) electrons. The van der Waals surface area contributed by atoms with E-state index in [2.05, 4.69) is 6.58 Å². The molecule has 0 spiro atoms. The molecule has 2 aromatic carbocycles. The van der Waals surface area contributed by atoms with Crippen LogP contribution in [0, 0.1) is 6.92 Å². The summed E-state index contributed by atoms with van der Waals surface area (Å²) in [4.78, 5) is 15.1. The number of thioether (sulfide) groups is 1. The van der Waals surface area contributed by atoms with Crippen LogP contribution < -0.4 is 14.4 Å². The number of carbonyl (C=O) groups excluding carboxylic acids is 1. The molecule has 150 valence electrons. The lowest BCUT2D eigenvalue weighted by Crippen LogP contribution is -2.28. The van der Waals surface area contributed by atoms with Crippen LogP contribution in [0.2, 0.25) is 5.02 Å². The number of rotatable bonds is 7. The van der Waals surface area contributed by atoms with Crippen LogP contribution in [0.3, 0.4) is 0 Å². The summed E-state index contributed by atoms with van der Waals surface area (Å²) in [6, 6.07) is 11.2. The third-order valence-electron chi connectivity index (χ3n) is 4.13. The Bertz CT molecular complexity index is 1000. The lowest BCUT2D eigenvalue weighted by atomic mass is 10.1. The van der Waals surface area contributed by atoms with Crippen LogP contribution in [0.5, 0.6) is 11.5 Å². The van der Waals surface area contributed by atoms with Crippen molar-refractivity contribution in [2.45, 2.75) is 13.8 Å². The number of nitrogens with zero attached hydrogens (tertiary/aromatic N) is 1. The highest BCUT2D eigenvalue weighted by Crippen LogP contribution is 2.40. The number of benzene rings is 2. The first-order valence-corrected chi connectivity index (χ1v) is 10.6. The molecular weight excluding hydrogens is 426 g/mol. The maximum absolute atomic E-state index is 13.0. The molecule has 1 fully saturated rings. The Kier molecular flexibility index (Phi) is 7.00. The summed E-state index contributed by atoms with van der Waals surface area (Å²) >= 11 is 13.1. The average Bonchev–Trinajstić information content (AvgIpc) is 2.95. The molecule has 7 heteroatoms. The van der Waals surface area contributed by atoms with E-state index in [0.717, 1.165) is 16.8 Å². The number of hydrogen-bond acceptors (Lipinski definition) is 5. The van der Waals surface area contributed by atoms with Crippen molar-refractivity contribution in [1.29, 1.82) is 0 Å². The SMILES string of the molecule is C=CCOc1c(Cl)cc(/C=C2/SC(=S)N(c3ccccc3C)C2=O)cc1OCC. The minimum atomic E-state index is -0.157. The molecule has 1 heterocycles. The number of aryl methyl sites for hydroxylation is 1. The smallest absolute Gasteiger partial charge is 0.270 e. The van der Waals surface area contributed by atoms with E-state index in [9.17, 15) is 4.79 Å². The van der Waals surface area contributed by atoms with Gasteiger partial charge in [-0.1, -0.05) is 66.4 Å². The van der Waals surface area contributed by atoms with E-state index in [-0.39, 0.29) is 5.91 Å². The van der Waals surface area contributed by atoms with Crippen molar-refractivity contribution >= 4 is 57.6 Å². The van der Waals surface area contributed by atoms with E-state index < -0.39 is 0 Å². The number of para-hydroxylation sites is 1. The Hall–Kier alpha value is -2.28. The number of carbonyl (C=O) groups is 1. The van der Waals surface area contributed by atoms with E-state index >= 15 is 0 Å². The number of ether oxygens (including phenoxy) is 2. The second kappa shape index (κ2) is 9.48. The topological polar surface area (TPSA) is 38.8 Å². The highest BCUT2D eigenvalue weighted by atomic mass is 35.5. The van der Waals surface area contributed by atoms with Crippen molar-refractivity contribution in [2.75, 3.05) is 18.1 Å². The number of amides is 1. The zero-order valence-corrected chi connectivity index (χ0v) is 18.5. The molecule has 1 aliphatic heterocycles. The summed E-state index contributed by atoms with van der Waals surface area (Å²) in [5, 5.41) is 0.401. The summed E-state index contributed by atoms with van der Waals surface area (Å²) in [5.74, 6) is 0.816. The van der Waals surface area contributed by atoms with Gasteiger partial charge in [0, 0.05) is 0 Å². The molecule has 1 saturated heterocycles. The van der Waals surface area contributed by atoms with Gasteiger partial charge >= 0.3 is 0 Å². The minimum absolute atomic E-state index is 0.157. The molecule has 0 aliphatic carbocycles. The maximum atomic E-state index is 13.0. The molecule has 0 saturated carbocycles. The van der Waals surface area contributed by atoms with Crippen LogP contribution in [0.15, 0.2) is 54.0 Å². The minimum Gasteiger partial charge on any atom is -0.490 e. The average molecular weight is 446 g/mol. The largest absolute Gasteiger partial charge is 0.490 e. The van der Waals surface area contributed by atoms with Crippen LogP contribution in [-0.4, -0.2) is 23.4 Å². The summed E-state index contributed by atoms with van der Waals surface area (Å²) in [7, 11) is 0. The normalized spacial score (nSPS) is 15.1. The van der Waals surface area contributed by atoms with Gasteiger partial charge in [0.25, 0.3) is 5.91 Å². The maximum Gasteiger partial charge on any atom is 0.270 e. The Morgan fingerprint density at radius 3 is 2.72 bits per heavy atom. The number of hydrogen-bond donors (Lipinski definition) is 0. The predicted octanol–water partition coefficient (Wildman–Crippen LogP) is 6.02. The van der Waals surface area contributed by atoms with Crippen molar-refractivity contribution in [1.82, 2.24) is 0 Å². The van der Waals surface area contributed by atoms with Crippen LogP contribution in [0.25, 0.3) is 6.08 Å². The van der Waals surface area contributed by atoms with Gasteiger partial charge in [-0.3, -0.25) is 9.69 Å². The Balaban J connectivity index is 1.96. The van der Waals surface area contributed by atoms with Gasteiger partial charge in [-0.2, -0.15) is 0 Å². The standard InChI is InChI=1S/C22H20ClNO3S2/c1-4-10-27-20-16(23)11-15(12-18(20)26-5-2)13-19-21(25)24(22(28)29-19)17-9-7-6-8-14(17)3/h4,6-9,11-13H,1,5,10H2,2-3H3/b19-13+. The van der Waals surface area contributed by atoms with Crippen LogP contribution in [0.1, 0.15) is 18.1 Å². The van der Waals surface area contributed by atoms with Crippen molar-refractivity contribution in [3.8, 4) is 11.5 Å². The van der Waals surface area contributed by atoms with Crippen LogP contribution >= 0.6 is 35.6 Å². The molecule has 0 aromatic heterocycles. The number of anilines is 1. The van der Waals surface area contributed by atoms with Gasteiger partial charge in [0.2, 0.25) is 0 Å². The molecule has 0 bridgehead atoms. The number of halogens is 1. The molecule has 0 atom stereocenters. The molecule has 1 aliphatic rings. The zero-order valence-electron chi connectivity index (χ0n) is 16.1. The highest BCUT2D eigenvalue weighted by molar-refractivity contribution is 8.27. The van der Waals surface area contributed by atoms with E-state index in [1.165, 1.54) is 11.8 Å². The quantitative estimate of drug-likeness (QED) is 0.296. The molecule has 4 nitrogen and oxygen atoms in total. The Labute approximate surface area is 185 Å². The zero-order chi connectivity index (χ0) is 21.0. The fourth-order valence-electron chi connectivity index (χ4n) is 2.86. The van der Waals surface area contributed by atoms with Crippen molar-refractivity contribution in [2.24, 2.45) is 0 Å². The summed E-state index contributed by atoms with van der Waals surface area (Å²) in [6.07, 6.45) is 3.40. The fraction of sp³-hybridized carbons (Fsp3) is 0.182. The van der Waals surface area contributed by atoms with E-state index in [0.29, 0.717) is 39.0 Å². The molecular formula is C22H20ClNO3S2. The van der Waals surface area contributed by atoms with Crippen LogP contribution in [0.4, 0.5) is 5.69 Å². The van der Waals surface area contributed by atoms with Gasteiger partial charge in [0.1, 0.15) is 6.61 Å². The van der Waals surface area contributed by atoms with Crippen molar-refractivity contribution < 1.29 is 14.3 Å². The first kappa shape index (κ1) is 21.4.